The molecule has 9 nitrogen and oxygen atoms in total. The average Bonchev–Trinajstić information content (AvgIpc) is 3.57. The van der Waals surface area contributed by atoms with Gasteiger partial charge in [0.15, 0.2) is 5.60 Å². The quantitative estimate of drug-likeness (QED) is 0.149. The molecule has 1 fully saturated rings. The fourth-order valence-corrected chi connectivity index (χ4v) is 11.0. The Morgan fingerprint density at radius 3 is 2.33 bits per heavy atom. The lowest BCUT2D eigenvalue weighted by atomic mass is 9.82. The number of halogens is 1. The molecule has 2 N–H and O–H groups in total. The van der Waals surface area contributed by atoms with Gasteiger partial charge in [-0.1, -0.05) is 61.5 Å². The highest BCUT2D eigenvalue weighted by atomic mass is 28.4. The van der Waals surface area contributed by atoms with Crippen LogP contribution in [0.2, 0.25) is 18.6 Å². The molecule has 3 heterocycles. The lowest BCUT2D eigenvalue weighted by molar-refractivity contribution is -0.151. The van der Waals surface area contributed by atoms with Gasteiger partial charge in [-0.25, -0.2) is 0 Å². The number of methoxy groups -OCH3 is 1. The number of carbonyl (C=O) groups excluding carboxylic acids is 3. The second kappa shape index (κ2) is 13.9. The molecule has 52 heavy (non-hydrogen) atoms. The van der Waals surface area contributed by atoms with E-state index < -0.39 is 37.6 Å². The van der Waals surface area contributed by atoms with E-state index in [1.165, 1.54) is 0 Å². The van der Waals surface area contributed by atoms with Crippen molar-refractivity contribution in [3.63, 3.8) is 0 Å². The number of para-hydroxylation sites is 1. The van der Waals surface area contributed by atoms with Crippen LogP contribution in [0.3, 0.4) is 0 Å². The Morgan fingerprint density at radius 1 is 0.981 bits per heavy atom. The summed E-state index contributed by atoms with van der Waals surface area (Å²) in [7, 11) is -1.93. The summed E-state index contributed by atoms with van der Waals surface area (Å²) in [4.78, 5) is 45.0. The molecule has 270 valence electrons. The predicted molar refractivity (Wildman–Crippen MR) is 199 cm³/mol. The molecule has 4 aromatic carbocycles. The van der Waals surface area contributed by atoms with Gasteiger partial charge in [-0.3, -0.25) is 14.4 Å². The number of ether oxygens (including phenoxy) is 2. The van der Waals surface area contributed by atoms with E-state index in [2.05, 4.69) is 5.32 Å². The van der Waals surface area contributed by atoms with Gasteiger partial charge in [0.05, 0.1) is 44.5 Å². The molecule has 3 aliphatic heterocycles. The van der Waals surface area contributed by atoms with Crippen molar-refractivity contribution < 1.29 is 33.1 Å². The van der Waals surface area contributed by atoms with E-state index in [-0.39, 0.29) is 37.3 Å². The summed E-state index contributed by atoms with van der Waals surface area (Å²) in [5.74, 6) is -0.639. The standard InChI is InChI=1S/C41H44FN3O6Si/c1-26-38(52(3,4)42)36(22-37(47)44-24-30-10-6-5-9-29(30)21-32(44)25-46)51-41(26)34-11-7-8-12-35(34)45(40(41)49)23-27-13-17-31(18-14-27)43-39(48)28-15-19-33(50-2)20-16-28/h5-20,26,32,36,38,46H,21-25H2,1-4H3,(H,43,48)/t26-,32+,36+,38-,41+/m1/s1. The van der Waals surface area contributed by atoms with Gasteiger partial charge < -0.3 is 33.8 Å². The number of hydrogen-bond acceptors (Lipinski definition) is 6. The van der Waals surface area contributed by atoms with E-state index in [0.29, 0.717) is 41.2 Å². The fraction of sp³-hybridized carbons (Fsp3) is 0.341. The molecule has 0 aromatic heterocycles. The zero-order chi connectivity index (χ0) is 36.8. The number of carbonyl (C=O) groups is 3. The highest BCUT2D eigenvalue weighted by Gasteiger charge is 2.67. The summed E-state index contributed by atoms with van der Waals surface area (Å²) < 4.78 is 28.4. The largest absolute Gasteiger partial charge is 0.497 e. The first-order chi connectivity index (χ1) is 24.9. The Balaban J connectivity index is 1.12. The molecule has 1 saturated heterocycles. The summed E-state index contributed by atoms with van der Waals surface area (Å²) in [5.41, 5.74) is 3.33. The first-order valence-corrected chi connectivity index (χ1v) is 20.7. The maximum atomic E-state index is 16.4. The van der Waals surface area contributed by atoms with Gasteiger partial charge in [0.2, 0.25) is 14.3 Å². The van der Waals surface area contributed by atoms with Crippen LogP contribution in [-0.2, 0) is 39.4 Å². The van der Waals surface area contributed by atoms with E-state index in [1.54, 1.807) is 66.4 Å². The second-order valence-corrected chi connectivity index (χ2v) is 18.4. The molecule has 1 spiro atoms. The summed E-state index contributed by atoms with van der Waals surface area (Å²) in [5, 5.41) is 13.2. The van der Waals surface area contributed by atoms with Crippen LogP contribution in [0.4, 0.5) is 15.5 Å². The van der Waals surface area contributed by atoms with Gasteiger partial charge >= 0.3 is 0 Å². The Bertz CT molecular complexity index is 1980. The molecule has 0 aliphatic carbocycles. The Morgan fingerprint density at radius 2 is 1.65 bits per heavy atom. The number of rotatable bonds is 9. The van der Waals surface area contributed by atoms with E-state index in [9.17, 15) is 19.5 Å². The SMILES string of the molecule is COc1ccc(C(=O)Nc2ccc(CN3C(=O)[C@@]4(O[C@@H](CC(=O)N5Cc6ccccc6C[C@H]5CO)[C@H]([Si](C)(C)F)[C@H]4C)c4ccccc43)cc2)cc1. The number of nitrogens with one attached hydrogen (secondary N) is 1. The maximum Gasteiger partial charge on any atom is 0.264 e. The van der Waals surface area contributed by atoms with Crippen LogP contribution in [0.25, 0.3) is 0 Å². The van der Waals surface area contributed by atoms with Crippen LogP contribution in [0, 0.1) is 5.92 Å². The van der Waals surface area contributed by atoms with Crippen molar-refractivity contribution in [3.8, 4) is 5.75 Å². The van der Waals surface area contributed by atoms with E-state index in [0.717, 1.165) is 16.7 Å². The number of anilines is 2. The lowest BCUT2D eigenvalue weighted by Gasteiger charge is -2.37. The summed E-state index contributed by atoms with van der Waals surface area (Å²) in [6.07, 6.45) is -0.376. The van der Waals surface area contributed by atoms with E-state index in [4.69, 9.17) is 9.47 Å². The molecule has 4 aromatic rings. The summed E-state index contributed by atoms with van der Waals surface area (Å²) in [6, 6.07) is 29.1. The van der Waals surface area contributed by atoms with E-state index >= 15 is 4.11 Å². The molecule has 0 saturated carbocycles. The second-order valence-electron chi connectivity index (χ2n) is 14.6. The van der Waals surface area contributed by atoms with Gasteiger partial charge in [-0.05, 0) is 78.7 Å². The smallest absolute Gasteiger partial charge is 0.264 e. The molecule has 11 heteroatoms. The zero-order valence-electron chi connectivity index (χ0n) is 29.8. The first-order valence-electron chi connectivity index (χ1n) is 17.7. The van der Waals surface area contributed by atoms with Crippen LogP contribution in [0.15, 0.2) is 97.1 Å². The van der Waals surface area contributed by atoms with Gasteiger partial charge in [0, 0.05) is 34.8 Å². The van der Waals surface area contributed by atoms with Crippen molar-refractivity contribution in [2.75, 3.05) is 23.9 Å². The van der Waals surface area contributed by atoms with Crippen LogP contribution >= 0.6 is 0 Å². The normalized spacial score (nSPS) is 23.8. The molecule has 0 radical (unpaired) electrons. The van der Waals surface area contributed by atoms with Crippen LogP contribution in [0.1, 0.15) is 46.0 Å². The maximum absolute atomic E-state index is 16.4. The lowest BCUT2D eigenvalue weighted by Crippen LogP contribution is -2.48. The fourth-order valence-electron chi connectivity index (χ4n) is 8.51. The van der Waals surface area contributed by atoms with Crippen LogP contribution < -0.4 is 15.0 Å². The Kier molecular flexibility index (Phi) is 9.53. The van der Waals surface area contributed by atoms with Gasteiger partial charge in [0.25, 0.3) is 11.8 Å². The molecule has 0 bridgehead atoms. The van der Waals surface area contributed by atoms with Crippen LogP contribution in [0.5, 0.6) is 5.75 Å². The van der Waals surface area contributed by atoms with Gasteiger partial charge in [-0.2, -0.15) is 0 Å². The average molecular weight is 722 g/mol. The Labute approximate surface area is 304 Å². The number of benzene rings is 4. The van der Waals surface area contributed by atoms with Gasteiger partial charge in [0.1, 0.15) is 5.75 Å². The van der Waals surface area contributed by atoms with Crippen molar-refractivity contribution in [2.45, 2.75) is 69.2 Å². The molecule has 7 rings (SSSR count). The molecule has 0 unspecified atom stereocenters. The van der Waals surface area contributed by atoms with Crippen LogP contribution in [-0.4, -0.2) is 62.0 Å². The zero-order valence-corrected chi connectivity index (χ0v) is 30.8. The molecule has 3 aliphatic rings. The minimum Gasteiger partial charge on any atom is -0.497 e. The van der Waals surface area contributed by atoms with Crippen molar-refractivity contribution in [2.24, 2.45) is 5.92 Å². The summed E-state index contributed by atoms with van der Waals surface area (Å²) in [6.45, 7) is 5.54. The van der Waals surface area contributed by atoms with Crippen molar-refractivity contribution in [3.05, 3.63) is 125 Å². The number of amides is 3. The number of nitrogens with zero attached hydrogens (tertiary/aromatic N) is 2. The highest BCUT2D eigenvalue weighted by molar-refractivity contribution is 6.72. The van der Waals surface area contributed by atoms with Gasteiger partial charge in [-0.15, -0.1) is 0 Å². The molecular weight excluding hydrogens is 678 g/mol. The minimum absolute atomic E-state index is 0.0884. The van der Waals surface area contributed by atoms with E-state index in [1.807, 2.05) is 67.6 Å². The molecule has 3 amide bonds. The third-order valence-corrected chi connectivity index (χ3v) is 13.5. The highest BCUT2D eigenvalue weighted by Crippen LogP contribution is 2.60. The number of hydrogen-bond donors (Lipinski definition) is 2. The molecule has 5 atom stereocenters. The summed E-state index contributed by atoms with van der Waals surface area (Å²) >= 11 is 0. The monoisotopic (exact) mass is 721 g/mol. The Hall–Kier alpha value is -4.84. The topological polar surface area (TPSA) is 108 Å². The minimum atomic E-state index is -3.50. The predicted octanol–water partition coefficient (Wildman–Crippen LogP) is 6.61. The first kappa shape index (κ1) is 35.6. The third-order valence-electron chi connectivity index (χ3n) is 11.0. The van der Waals surface area contributed by atoms with Crippen molar-refractivity contribution in [1.29, 1.82) is 0 Å². The molecular formula is C41H44FN3O6Si. The third kappa shape index (κ3) is 6.31. The van der Waals surface area contributed by atoms with Crippen molar-refractivity contribution in [1.82, 2.24) is 4.90 Å². The number of fused-ring (bicyclic) bond motifs is 3. The number of aliphatic hydroxyl groups is 1. The number of aliphatic hydroxyl groups excluding tert-OH is 1. The van der Waals surface area contributed by atoms with Crippen molar-refractivity contribution >= 4 is 37.5 Å².